The number of rotatable bonds is 19. The summed E-state index contributed by atoms with van der Waals surface area (Å²) in [6, 6.07) is 21.1. The molecule has 5 aromatic rings. The van der Waals surface area contributed by atoms with Crippen LogP contribution in [0.3, 0.4) is 0 Å². The molecule has 3 amide bonds. The van der Waals surface area contributed by atoms with Gasteiger partial charge in [0.2, 0.25) is 17.7 Å². The number of nitriles is 1. The molecule has 1 aliphatic rings. The molecule has 1 saturated heterocycles. The van der Waals surface area contributed by atoms with Crippen LogP contribution in [0.2, 0.25) is 0 Å². The number of aldehydes is 1. The minimum absolute atomic E-state index is 0.0565. The molecular formula is C54H59F4N7O7S2. The molecule has 6 rings (SSSR count). The molecule has 2 heterocycles. The van der Waals surface area contributed by atoms with Gasteiger partial charge in [-0.2, -0.15) is 18.4 Å². The fraction of sp³-hybridized carbons (Fsp3) is 0.389. The number of hydrogen-bond acceptors (Lipinski definition) is 11. The number of β-amino-alcohol motifs (C(OH)–C–C–N with tert-alkyl or cyclic N) is 1. The molecule has 1 aliphatic heterocycles. The maximum Gasteiger partial charge on any atom is 0.417 e. The first-order valence-corrected chi connectivity index (χ1v) is 25.1. The average Bonchev–Trinajstić information content (AvgIpc) is 3.97. The third kappa shape index (κ3) is 14.1. The van der Waals surface area contributed by atoms with Gasteiger partial charge in [-0.3, -0.25) is 14.4 Å². The Bertz CT molecular complexity index is 2870. The molecule has 0 bridgehead atoms. The van der Waals surface area contributed by atoms with Gasteiger partial charge in [-0.05, 0) is 123 Å². The molecule has 14 nitrogen and oxygen atoms in total. The number of aromatic nitrogens is 1. The van der Waals surface area contributed by atoms with E-state index >= 15 is 4.39 Å². The van der Waals surface area contributed by atoms with E-state index in [9.17, 15) is 37.5 Å². The molecule has 0 spiro atoms. The molecule has 74 heavy (non-hydrogen) atoms. The standard InChI is InChI=1S/C54H59F4N7O7S2/c1-32(34-10-12-36(13-11-34)47-33(2)60-31-74-47)61-49(69)45-26-40(67)28-64(45)50(70)48(52(3,4)5)63-46(68)29-71-22-8-9-23-72-41-19-15-35(16-20-41)37-17-21-44(43(55)24-37)65(53(6,7)30-66)51(73)62-39-18-14-38(27-59)42(25-39)54(56,57)58/h10-21,24-25,30-32,40,45,48,67H,8-9,22-23,26,28-29H2,1-7H3,(H,61,69)(H,62,73)(H,63,68)/t32-,40+,45-,48+/m0/s1. The molecule has 0 aliphatic carbocycles. The number of nitrogens with zero attached hydrogens (tertiary/aromatic N) is 4. The van der Waals surface area contributed by atoms with Crippen LogP contribution in [-0.4, -0.2) is 94.2 Å². The van der Waals surface area contributed by atoms with Crippen LogP contribution < -0.4 is 25.6 Å². The van der Waals surface area contributed by atoms with Gasteiger partial charge in [-0.15, -0.1) is 11.3 Å². The quantitative estimate of drug-likeness (QED) is 0.0266. The number of amides is 3. The number of halogens is 4. The number of unbranched alkanes of at least 4 members (excludes halogenated alkanes) is 1. The molecule has 20 heteroatoms. The number of carbonyl (C=O) groups excluding carboxylic acids is 4. The SMILES string of the molecule is Cc1ncsc1-c1ccc([C@H](C)NC(=O)[C@@H]2C[C@@H](O)CN2C(=O)[C@@H](NC(=O)COCCCCOc2ccc(-c3ccc(N(C(=S)Nc4ccc(C#N)c(C(F)(F)F)c4)C(C)(C)C=O)c(F)c3)cc2)C(C)(C)C)cc1. The number of ether oxygens (including phenoxy) is 2. The first-order valence-electron chi connectivity index (χ1n) is 23.8. The highest BCUT2D eigenvalue weighted by Gasteiger charge is 2.45. The zero-order chi connectivity index (χ0) is 54.1. The Labute approximate surface area is 437 Å². The number of aliphatic hydroxyl groups excluding tert-OH is 1. The summed E-state index contributed by atoms with van der Waals surface area (Å²) < 4.78 is 68.4. The van der Waals surface area contributed by atoms with E-state index in [0.717, 1.165) is 38.7 Å². The van der Waals surface area contributed by atoms with E-state index < -0.39 is 70.0 Å². The van der Waals surface area contributed by atoms with Gasteiger partial charge in [0, 0.05) is 25.3 Å². The number of hydrogen-bond donors (Lipinski definition) is 4. The van der Waals surface area contributed by atoms with Crippen molar-refractivity contribution in [3.05, 3.63) is 119 Å². The van der Waals surface area contributed by atoms with Gasteiger partial charge in [0.1, 0.15) is 36.5 Å². The number of alkyl halides is 3. The first-order chi connectivity index (χ1) is 34.9. The van der Waals surface area contributed by atoms with Crippen molar-refractivity contribution >= 4 is 64.0 Å². The van der Waals surface area contributed by atoms with Gasteiger partial charge in [0.25, 0.3) is 0 Å². The Kier molecular flexibility index (Phi) is 18.4. The summed E-state index contributed by atoms with van der Waals surface area (Å²) in [5.41, 5.74) is 1.58. The van der Waals surface area contributed by atoms with Gasteiger partial charge in [-0.1, -0.05) is 63.2 Å². The van der Waals surface area contributed by atoms with Gasteiger partial charge in [-0.25, -0.2) is 9.37 Å². The molecule has 0 radical (unpaired) electrons. The first kappa shape index (κ1) is 56.5. The van der Waals surface area contributed by atoms with E-state index in [2.05, 4.69) is 20.9 Å². The van der Waals surface area contributed by atoms with Crippen molar-refractivity contribution < 1.29 is 51.3 Å². The second kappa shape index (κ2) is 24.0. The number of aliphatic hydroxyl groups is 1. The van der Waals surface area contributed by atoms with Crippen LogP contribution in [0.15, 0.2) is 90.4 Å². The third-order valence-electron chi connectivity index (χ3n) is 12.4. The number of aryl methyl sites for hydroxylation is 1. The van der Waals surface area contributed by atoms with Gasteiger partial charge in [0.05, 0.1) is 63.3 Å². The normalized spacial score (nSPS) is 15.6. The highest BCUT2D eigenvalue weighted by molar-refractivity contribution is 7.80. The number of likely N-dealkylation sites (tertiary alicyclic amines) is 1. The van der Waals surface area contributed by atoms with Crippen molar-refractivity contribution in [3.8, 4) is 33.4 Å². The van der Waals surface area contributed by atoms with E-state index in [1.165, 1.54) is 43.0 Å². The lowest BCUT2D eigenvalue weighted by Gasteiger charge is -2.36. The van der Waals surface area contributed by atoms with E-state index in [4.69, 9.17) is 27.0 Å². The van der Waals surface area contributed by atoms with Crippen LogP contribution in [0.1, 0.15) is 89.2 Å². The smallest absolute Gasteiger partial charge is 0.417 e. The number of carbonyl (C=O) groups is 4. The van der Waals surface area contributed by atoms with E-state index in [1.807, 2.05) is 38.1 Å². The molecule has 1 aromatic heterocycles. The Morgan fingerprint density at radius 2 is 1.62 bits per heavy atom. The van der Waals surface area contributed by atoms with Gasteiger partial charge < -0.3 is 45.1 Å². The monoisotopic (exact) mass is 1060 g/mol. The van der Waals surface area contributed by atoms with Crippen molar-refractivity contribution in [2.75, 3.05) is 36.6 Å². The van der Waals surface area contributed by atoms with Crippen LogP contribution in [0.5, 0.6) is 5.75 Å². The lowest BCUT2D eigenvalue weighted by atomic mass is 9.85. The number of anilines is 2. The summed E-state index contributed by atoms with van der Waals surface area (Å²) >= 11 is 7.05. The van der Waals surface area contributed by atoms with Crippen LogP contribution in [-0.2, 0) is 30.1 Å². The van der Waals surface area contributed by atoms with Crippen molar-refractivity contribution in [1.29, 1.82) is 5.26 Å². The molecule has 4 atom stereocenters. The van der Waals surface area contributed by atoms with Crippen molar-refractivity contribution in [1.82, 2.24) is 20.5 Å². The zero-order valence-electron chi connectivity index (χ0n) is 42.0. The predicted molar refractivity (Wildman–Crippen MR) is 279 cm³/mol. The molecule has 1 fully saturated rings. The Balaban J connectivity index is 0.956. The molecule has 0 unspecified atom stereocenters. The summed E-state index contributed by atoms with van der Waals surface area (Å²) in [4.78, 5) is 60.9. The Hall–Kier alpha value is -6.79. The summed E-state index contributed by atoms with van der Waals surface area (Å²) in [5.74, 6) is -1.61. The second-order valence-corrected chi connectivity index (χ2v) is 20.8. The predicted octanol–water partition coefficient (Wildman–Crippen LogP) is 9.54. The summed E-state index contributed by atoms with van der Waals surface area (Å²) in [7, 11) is 0. The lowest BCUT2D eigenvalue weighted by Crippen LogP contribution is -2.58. The van der Waals surface area contributed by atoms with Crippen molar-refractivity contribution in [2.24, 2.45) is 5.41 Å². The maximum atomic E-state index is 15.9. The number of benzene rings is 4. The van der Waals surface area contributed by atoms with Crippen LogP contribution >= 0.6 is 23.6 Å². The van der Waals surface area contributed by atoms with Crippen LogP contribution in [0.4, 0.5) is 28.9 Å². The molecule has 4 aromatic carbocycles. The van der Waals surface area contributed by atoms with E-state index in [0.29, 0.717) is 42.6 Å². The average molecular weight is 1060 g/mol. The lowest BCUT2D eigenvalue weighted by molar-refractivity contribution is -0.144. The fourth-order valence-corrected chi connectivity index (χ4v) is 9.62. The molecule has 4 N–H and O–H groups in total. The minimum atomic E-state index is -4.82. The number of thiazole rings is 1. The largest absolute Gasteiger partial charge is 0.494 e. The zero-order valence-corrected chi connectivity index (χ0v) is 43.6. The van der Waals surface area contributed by atoms with Gasteiger partial charge >= 0.3 is 6.18 Å². The highest BCUT2D eigenvalue weighted by atomic mass is 32.1. The summed E-state index contributed by atoms with van der Waals surface area (Å²) in [5, 5.41) is 28.0. The maximum absolute atomic E-state index is 15.9. The molecule has 392 valence electrons. The molecule has 0 saturated carbocycles. The summed E-state index contributed by atoms with van der Waals surface area (Å²) in [6.07, 6.45) is -4.02. The fourth-order valence-electron chi connectivity index (χ4n) is 8.36. The Morgan fingerprint density at radius 3 is 2.23 bits per heavy atom. The topological polar surface area (TPSA) is 186 Å². The highest BCUT2D eigenvalue weighted by Crippen LogP contribution is 2.36. The van der Waals surface area contributed by atoms with E-state index in [1.54, 1.807) is 68.0 Å². The van der Waals surface area contributed by atoms with Gasteiger partial charge in [0.15, 0.2) is 5.11 Å². The van der Waals surface area contributed by atoms with Crippen LogP contribution in [0, 0.1) is 29.5 Å². The van der Waals surface area contributed by atoms with Crippen molar-refractivity contribution in [2.45, 2.75) is 104 Å². The molecular weight excluding hydrogens is 999 g/mol. The number of thiocarbonyl (C=S) groups is 1. The Morgan fingerprint density at radius 1 is 0.959 bits per heavy atom. The van der Waals surface area contributed by atoms with Crippen LogP contribution in [0.25, 0.3) is 21.6 Å². The minimum Gasteiger partial charge on any atom is -0.494 e. The summed E-state index contributed by atoms with van der Waals surface area (Å²) in [6.45, 7) is 12.3. The second-order valence-electron chi connectivity index (χ2n) is 19.6. The van der Waals surface area contributed by atoms with Crippen molar-refractivity contribution in [3.63, 3.8) is 0 Å². The number of nitrogens with one attached hydrogen (secondary N) is 3. The third-order valence-corrected chi connectivity index (χ3v) is 13.6. The van der Waals surface area contributed by atoms with E-state index in [-0.39, 0.29) is 48.7 Å².